The SMILES string of the molecule is COc1ccc(C2=NNC(c3ccc(C)cc3)C2)cc1. The predicted octanol–water partition coefficient (Wildman–Crippen LogP) is 3.44. The summed E-state index contributed by atoms with van der Waals surface area (Å²) in [6.45, 7) is 2.10. The van der Waals surface area contributed by atoms with E-state index in [1.54, 1.807) is 7.11 Å². The third-order valence-corrected chi connectivity index (χ3v) is 3.66. The molecule has 3 heteroatoms. The molecule has 1 N–H and O–H groups in total. The number of rotatable bonds is 3. The van der Waals surface area contributed by atoms with Crippen molar-refractivity contribution < 1.29 is 4.74 Å². The van der Waals surface area contributed by atoms with E-state index in [1.807, 2.05) is 12.1 Å². The Morgan fingerprint density at radius 3 is 2.40 bits per heavy atom. The van der Waals surface area contributed by atoms with Crippen LogP contribution in [-0.2, 0) is 0 Å². The van der Waals surface area contributed by atoms with E-state index < -0.39 is 0 Å². The number of nitrogens with zero attached hydrogens (tertiary/aromatic N) is 1. The van der Waals surface area contributed by atoms with E-state index in [0.717, 1.165) is 23.4 Å². The van der Waals surface area contributed by atoms with Crippen LogP contribution in [0.4, 0.5) is 0 Å². The van der Waals surface area contributed by atoms with Gasteiger partial charge in [0, 0.05) is 6.42 Å². The Morgan fingerprint density at radius 1 is 1.05 bits per heavy atom. The number of ether oxygens (including phenoxy) is 1. The van der Waals surface area contributed by atoms with E-state index in [9.17, 15) is 0 Å². The van der Waals surface area contributed by atoms with Crippen LogP contribution in [0.25, 0.3) is 0 Å². The highest BCUT2D eigenvalue weighted by Gasteiger charge is 2.20. The van der Waals surface area contributed by atoms with Gasteiger partial charge in [0.15, 0.2) is 0 Å². The minimum absolute atomic E-state index is 0.271. The lowest BCUT2D eigenvalue weighted by molar-refractivity contribution is 0.415. The maximum atomic E-state index is 5.18. The standard InChI is InChI=1S/C17H18N2O/c1-12-3-5-13(6-4-12)16-11-17(19-18-16)14-7-9-15(20-2)10-8-14/h3-10,16,18H,11H2,1-2H3. The third-order valence-electron chi connectivity index (χ3n) is 3.66. The Balaban J connectivity index is 1.73. The van der Waals surface area contributed by atoms with Crippen LogP contribution in [0.15, 0.2) is 53.6 Å². The number of hydrogen-bond donors (Lipinski definition) is 1. The highest BCUT2D eigenvalue weighted by Crippen LogP contribution is 2.25. The lowest BCUT2D eigenvalue weighted by Crippen LogP contribution is -2.09. The Bertz CT molecular complexity index is 614. The van der Waals surface area contributed by atoms with Gasteiger partial charge in [0.25, 0.3) is 0 Å². The van der Waals surface area contributed by atoms with E-state index in [-0.39, 0.29) is 6.04 Å². The Morgan fingerprint density at radius 2 is 1.75 bits per heavy atom. The van der Waals surface area contributed by atoms with Crippen LogP contribution >= 0.6 is 0 Å². The molecule has 20 heavy (non-hydrogen) atoms. The van der Waals surface area contributed by atoms with Gasteiger partial charge in [0.1, 0.15) is 5.75 Å². The largest absolute Gasteiger partial charge is 0.497 e. The van der Waals surface area contributed by atoms with Crippen LogP contribution in [0, 0.1) is 6.92 Å². The number of nitrogens with one attached hydrogen (secondary N) is 1. The van der Waals surface area contributed by atoms with Crippen molar-refractivity contribution in [2.75, 3.05) is 7.11 Å². The van der Waals surface area contributed by atoms with Crippen molar-refractivity contribution in [3.63, 3.8) is 0 Å². The fourth-order valence-corrected chi connectivity index (χ4v) is 2.40. The van der Waals surface area contributed by atoms with Crippen molar-refractivity contribution in [2.45, 2.75) is 19.4 Å². The summed E-state index contributed by atoms with van der Waals surface area (Å²) in [5.41, 5.74) is 8.03. The van der Waals surface area contributed by atoms with Gasteiger partial charge in [0.2, 0.25) is 0 Å². The topological polar surface area (TPSA) is 33.6 Å². The second-order valence-corrected chi connectivity index (χ2v) is 5.08. The quantitative estimate of drug-likeness (QED) is 0.923. The number of methoxy groups -OCH3 is 1. The van der Waals surface area contributed by atoms with Gasteiger partial charge in [0.05, 0.1) is 18.9 Å². The molecule has 1 aliphatic rings. The lowest BCUT2D eigenvalue weighted by atomic mass is 9.98. The summed E-state index contributed by atoms with van der Waals surface area (Å²) in [6, 6.07) is 16.9. The molecule has 0 amide bonds. The second-order valence-electron chi connectivity index (χ2n) is 5.08. The highest BCUT2D eigenvalue weighted by atomic mass is 16.5. The monoisotopic (exact) mass is 266 g/mol. The molecule has 2 aromatic carbocycles. The zero-order valence-corrected chi connectivity index (χ0v) is 11.8. The molecule has 1 unspecified atom stereocenters. The first-order valence-corrected chi connectivity index (χ1v) is 6.79. The summed E-state index contributed by atoms with van der Waals surface area (Å²) in [6.07, 6.45) is 0.912. The van der Waals surface area contributed by atoms with Crippen molar-refractivity contribution in [3.05, 3.63) is 65.2 Å². The molecule has 2 aromatic rings. The van der Waals surface area contributed by atoms with Gasteiger partial charge in [-0.05, 0) is 42.3 Å². The van der Waals surface area contributed by atoms with Crippen molar-refractivity contribution in [1.82, 2.24) is 5.43 Å². The summed E-state index contributed by atoms with van der Waals surface area (Å²) in [5, 5.41) is 4.47. The van der Waals surface area contributed by atoms with Crippen LogP contribution in [-0.4, -0.2) is 12.8 Å². The van der Waals surface area contributed by atoms with Gasteiger partial charge < -0.3 is 10.2 Å². The molecule has 1 aliphatic heterocycles. The Hall–Kier alpha value is -2.29. The van der Waals surface area contributed by atoms with Gasteiger partial charge in [-0.25, -0.2) is 0 Å². The fraction of sp³-hybridized carbons (Fsp3) is 0.235. The number of hydrazone groups is 1. The molecular weight excluding hydrogens is 248 g/mol. The van der Waals surface area contributed by atoms with Gasteiger partial charge in [-0.1, -0.05) is 29.8 Å². The molecule has 1 atom stereocenters. The van der Waals surface area contributed by atoms with E-state index in [0.29, 0.717) is 0 Å². The fourth-order valence-electron chi connectivity index (χ4n) is 2.40. The summed E-state index contributed by atoms with van der Waals surface area (Å²) in [4.78, 5) is 0. The predicted molar refractivity (Wildman–Crippen MR) is 81.2 cm³/mol. The van der Waals surface area contributed by atoms with E-state index >= 15 is 0 Å². The molecule has 0 aromatic heterocycles. The van der Waals surface area contributed by atoms with Crippen LogP contribution in [0.2, 0.25) is 0 Å². The molecular formula is C17H18N2O. The molecule has 0 radical (unpaired) electrons. The van der Waals surface area contributed by atoms with E-state index in [1.165, 1.54) is 11.1 Å². The third kappa shape index (κ3) is 2.52. The van der Waals surface area contributed by atoms with Crippen LogP contribution in [0.5, 0.6) is 5.75 Å². The van der Waals surface area contributed by atoms with Crippen molar-refractivity contribution in [1.29, 1.82) is 0 Å². The minimum Gasteiger partial charge on any atom is -0.497 e. The van der Waals surface area contributed by atoms with E-state index in [4.69, 9.17) is 4.74 Å². The van der Waals surface area contributed by atoms with E-state index in [2.05, 4.69) is 53.8 Å². The Kier molecular flexibility index (Phi) is 3.42. The summed E-state index contributed by atoms with van der Waals surface area (Å²) in [5.74, 6) is 0.871. The number of aryl methyl sites for hydroxylation is 1. The van der Waals surface area contributed by atoms with Crippen molar-refractivity contribution in [3.8, 4) is 5.75 Å². The molecule has 0 bridgehead atoms. The molecule has 0 saturated heterocycles. The van der Waals surface area contributed by atoms with Gasteiger partial charge in [-0.2, -0.15) is 5.10 Å². The smallest absolute Gasteiger partial charge is 0.118 e. The van der Waals surface area contributed by atoms with Gasteiger partial charge >= 0.3 is 0 Å². The molecule has 3 nitrogen and oxygen atoms in total. The van der Waals surface area contributed by atoms with Crippen LogP contribution in [0.3, 0.4) is 0 Å². The van der Waals surface area contributed by atoms with Crippen molar-refractivity contribution in [2.24, 2.45) is 5.10 Å². The van der Waals surface area contributed by atoms with Crippen LogP contribution < -0.4 is 10.2 Å². The average molecular weight is 266 g/mol. The maximum absolute atomic E-state index is 5.18. The summed E-state index contributed by atoms with van der Waals surface area (Å²) >= 11 is 0. The molecule has 0 spiro atoms. The molecule has 102 valence electrons. The highest BCUT2D eigenvalue weighted by molar-refractivity contribution is 6.01. The molecule has 1 heterocycles. The number of benzene rings is 2. The first-order chi connectivity index (χ1) is 9.76. The molecule has 0 aliphatic carbocycles. The first-order valence-electron chi connectivity index (χ1n) is 6.79. The molecule has 0 fully saturated rings. The molecule has 3 rings (SSSR count). The zero-order chi connectivity index (χ0) is 13.9. The first kappa shape index (κ1) is 12.7. The van der Waals surface area contributed by atoms with Gasteiger partial charge in [-0.15, -0.1) is 0 Å². The van der Waals surface area contributed by atoms with Gasteiger partial charge in [-0.3, -0.25) is 0 Å². The maximum Gasteiger partial charge on any atom is 0.118 e. The second kappa shape index (κ2) is 5.37. The number of hydrogen-bond acceptors (Lipinski definition) is 3. The minimum atomic E-state index is 0.271. The van der Waals surface area contributed by atoms with Crippen LogP contribution in [0.1, 0.15) is 29.2 Å². The molecule has 0 saturated carbocycles. The summed E-state index contributed by atoms with van der Waals surface area (Å²) < 4.78 is 5.18. The summed E-state index contributed by atoms with van der Waals surface area (Å²) in [7, 11) is 1.68. The van der Waals surface area contributed by atoms with Crippen molar-refractivity contribution >= 4 is 5.71 Å². The average Bonchev–Trinajstić information content (AvgIpc) is 2.98. The zero-order valence-electron chi connectivity index (χ0n) is 11.8. The Labute approximate surface area is 119 Å². The normalized spacial score (nSPS) is 17.5. The lowest BCUT2D eigenvalue weighted by Gasteiger charge is -2.10.